The highest BCUT2D eigenvalue weighted by Crippen LogP contribution is 2.44. The summed E-state index contributed by atoms with van der Waals surface area (Å²) in [4.78, 5) is 38.8. The Hall–Kier alpha value is -3.39. The van der Waals surface area contributed by atoms with E-state index >= 15 is 0 Å². The van der Waals surface area contributed by atoms with Gasteiger partial charge in [-0.15, -0.1) is 0 Å². The number of hydrogen-bond donors (Lipinski definition) is 2. The van der Waals surface area contributed by atoms with Crippen LogP contribution in [0.15, 0.2) is 48.5 Å². The molecule has 3 unspecified atom stereocenters. The Balaban J connectivity index is 1.41. The number of carbonyl (C=O) groups is 3. The van der Waals surface area contributed by atoms with E-state index in [9.17, 15) is 19.5 Å². The van der Waals surface area contributed by atoms with E-state index in [2.05, 4.69) is 17.4 Å². The van der Waals surface area contributed by atoms with E-state index in [-0.39, 0.29) is 43.9 Å². The summed E-state index contributed by atoms with van der Waals surface area (Å²) in [6.07, 6.45) is -0.416. The van der Waals surface area contributed by atoms with Crippen molar-refractivity contribution in [3.8, 4) is 11.1 Å². The molecule has 1 heterocycles. The minimum absolute atomic E-state index is 0.0815. The highest BCUT2D eigenvalue weighted by molar-refractivity contribution is 5.87. The Morgan fingerprint density at radius 1 is 1.06 bits per heavy atom. The van der Waals surface area contributed by atoms with Gasteiger partial charge in [-0.05, 0) is 28.2 Å². The highest BCUT2D eigenvalue weighted by atomic mass is 16.5. The molecule has 8 heteroatoms. The second kappa shape index (κ2) is 10.3. The third-order valence-electron chi connectivity index (χ3n) is 6.79. The van der Waals surface area contributed by atoms with Crippen molar-refractivity contribution >= 4 is 18.0 Å². The summed E-state index contributed by atoms with van der Waals surface area (Å²) in [5, 5.41) is 12.1. The first kappa shape index (κ1) is 23.8. The topological polar surface area (TPSA) is 105 Å². The van der Waals surface area contributed by atoms with Crippen LogP contribution in [0.2, 0.25) is 0 Å². The number of methoxy groups -OCH3 is 1. The first-order valence-corrected chi connectivity index (χ1v) is 11.5. The maximum absolute atomic E-state index is 13.1. The van der Waals surface area contributed by atoms with E-state index in [1.54, 1.807) is 0 Å². The zero-order valence-electron chi connectivity index (χ0n) is 19.4. The third-order valence-corrected chi connectivity index (χ3v) is 6.79. The molecule has 0 aromatic heterocycles. The molecule has 4 rings (SSSR count). The maximum atomic E-state index is 13.1. The van der Waals surface area contributed by atoms with E-state index in [1.165, 1.54) is 12.0 Å². The molecule has 2 aromatic carbocycles. The molecule has 2 aromatic rings. The number of fused-ring (bicyclic) bond motifs is 3. The second-order valence-corrected chi connectivity index (χ2v) is 8.97. The minimum Gasteiger partial charge on any atom is -0.481 e. The maximum Gasteiger partial charge on any atom is 0.407 e. The lowest BCUT2D eigenvalue weighted by atomic mass is 9.98. The molecular formula is C26H30N2O6. The Morgan fingerprint density at radius 3 is 2.24 bits per heavy atom. The Morgan fingerprint density at radius 2 is 1.68 bits per heavy atom. The summed E-state index contributed by atoms with van der Waals surface area (Å²) in [6.45, 7) is 2.70. The summed E-state index contributed by atoms with van der Waals surface area (Å²) in [5.41, 5.74) is 4.48. The van der Waals surface area contributed by atoms with Crippen LogP contribution in [0, 0.1) is 11.8 Å². The van der Waals surface area contributed by atoms with Crippen molar-refractivity contribution in [2.24, 2.45) is 11.8 Å². The molecule has 1 aliphatic carbocycles. The fourth-order valence-corrected chi connectivity index (χ4v) is 4.96. The predicted octanol–water partition coefficient (Wildman–Crippen LogP) is 3.11. The van der Waals surface area contributed by atoms with Gasteiger partial charge in [-0.25, -0.2) is 4.79 Å². The SMILES string of the molecule is COCCC(NC(=O)OCC1c2ccccc2-c2ccccc21)C(=O)N1CC(C)C(C(=O)O)C1. The fraction of sp³-hybridized carbons (Fsp3) is 0.423. The van der Waals surface area contributed by atoms with Crippen molar-refractivity contribution in [2.75, 3.05) is 33.4 Å². The molecule has 34 heavy (non-hydrogen) atoms. The normalized spacial score (nSPS) is 19.9. The summed E-state index contributed by atoms with van der Waals surface area (Å²) in [7, 11) is 1.52. The number of likely N-dealkylation sites (tertiary alicyclic amines) is 1. The highest BCUT2D eigenvalue weighted by Gasteiger charge is 2.39. The molecule has 2 aliphatic rings. The number of amides is 2. The van der Waals surface area contributed by atoms with Gasteiger partial charge >= 0.3 is 12.1 Å². The molecule has 1 saturated heterocycles. The lowest BCUT2D eigenvalue weighted by molar-refractivity contribution is -0.142. The van der Waals surface area contributed by atoms with Crippen molar-refractivity contribution in [1.82, 2.24) is 10.2 Å². The average molecular weight is 467 g/mol. The van der Waals surface area contributed by atoms with Crippen LogP contribution in [0.1, 0.15) is 30.4 Å². The molecule has 0 radical (unpaired) electrons. The smallest absolute Gasteiger partial charge is 0.407 e. The molecule has 1 fully saturated rings. The third kappa shape index (κ3) is 4.77. The lowest BCUT2D eigenvalue weighted by Crippen LogP contribution is -2.49. The molecule has 3 atom stereocenters. The van der Waals surface area contributed by atoms with Crippen LogP contribution in [-0.2, 0) is 19.1 Å². The van der Waals surface area contributed by atoms with Crippen molar-refractivity contribution < 1.29 is 29.0 Å². The van der Waals surface area contributed by atoms with Gasteiger partial charge in [0, 0.05) is 39.1 Å². The first-order valence-electron chi connectivity index (χ1n) is 11.5. The molecule has 180 valence electrons. The molecule has 1 aliphatic heterocycles. The van der Waals surface area contributed by atoms with E-state index in [0.717, 1.165) is 22.3 Å². The average Bonchev–Trinajstić information content (AvgIpc) is 3.38. The second-order valence-electron chi connectivity index (χ2n) is 8.97. The van der Waals surface area contributed by atoms with E-state index in [4.69, 9.17) is 9.47 Å². The minimum atomic E-state index is -0.916. The largest absolute Gasteiger partial charge is 0.481 e. The molecule has 2 N–H and O–H groups in total. The van der Waals surface area contributed by atoms with Gasteiger partial charge in [0.1, 0.15) is 12.6 Å². The Labute approximate surface area is 198 Å². The summed E-state index contributed by atoms with van der Waals surface area (Å²) in [6, 6.07) is 15.3. The predicted molar refractivity (Wildman–Crippen MR) is 125 cm³/mol. The van der Waals surface area contributed by atoms with Gasteiger partial charge in [-0.1, -0.05) is 55.5 Å². The number of ether oxygens (including phenoxy) is 2. The van der Waals surface area contributed by atoms with E-state index in [0.29, 0.717) is 6.54 Å². The van der Waals surface area contributed by atoms with Gasteiger partial charge in [0.15, 0.2) is 0 Å². The number of carbonyl (C=O) groups excluding carboxylic acids is 2. The number of aliphatic carboxylic acids is 1. The first-order chi connectivity index (χ1) is 16.4. The van der Waals surface area contributed by atoms with Crippen molar-refractivity contribution in [3.05, 3.63) is 59.7 Å². The van der Waals surface area contributed by atoms with Crippen molar-refractivity contribution in [1.29, 1.82) is 0 Å². The number of rotatable bonds is 8. The van der Waals surface area contributed by atoms with Crippen LogP contribution in [-0.4, -0.2) is 67.4 Å². The van der Waals surface area contributed by atoms with Crippen LogP contribution >= 0.6 is 0 Å². The van der Waals surface area contributed by atoms with Crippen LogP contribution in [0.5, 0.6) is 0 Å². The number of benzene rings is 2. The van der Waals surface area contributed by atoms with Gasteiger partial charge in [0.2, 0.25) is 5.91 Å². The molecule has 0 spiro atoms. The van der Waals surface area contributed by atoms with Crippen LogP contribution in [0.25, 0.3) is 11.1 Å². The van der Waals surface area contributed by atoms with E-state index < -0.39 is 24.0 Å². The quantitative estimate of drug-likeness (QED) is 0.619. The van der Waals surface area contributed by atoms with Crippen LogP contribution in [0.3, 0.4) is 0 Å². The zero-order chi connectivity index (χ0) is 24.2. The number of alkyl carbamates (subject to hydrolysis) is 1. The van der Waals surface area contributed by atoms with Gasteiger partial charge in [-0.2, -0.15) is 0 Å². The Kier molecular flexibility index (Phi) is 7.17. The number of hydrogen-bond acceptors (Lipinski definition) is 5. The van der Waals surface area contributed by atoms with E-state index in [1.807, 2.05) is 43.3 Å². The molecular weight excluding hydrogens is 436 g/mol. The van der Waals surface area contributed by atoms with Crippen molar-refractivity contribution in [3.63, 3.8) is 0 Å². The van der Waals surface area contributed by atoms with Crippen LogP contribution in [0.4, 0.5) is 4.79 Å². The number of carboxylic acids is 1. The summed E-state index contributed by atoms with van der Waals surface area (Å²) < 4.78 is 10.7. The Bertz CT molecular complexity index is 1030. The van der Waals surface area contributed by atoms with Crippen LogP contribution < -0.4 is 5.32 Å². The standard InChI is InChI=1S/C26H30N2O6/c1-16-13-28(14-21(16)25(30)31)24(29)23(11-12-33-2)27-26(32)34-15-22-19-9-5-3-7-17(19)18-8-4-6-10-20(18)22/h3-10,16,21-23H,11-15H2,1-2H3,(H,27,32)(H,30,31). The molecule has 2 amide bonds. The number of nitrogens with one attached hydrogen (secondary N) is 1. The van der Waals surface area contributed by atoms with Gasteiger partial charge in [0.05, 0.1) is 5.92 Å². The van der Waals surface area contributed by atoms with Crippen molar-refractivity contribution in [2.45, 2.75) is 25.3 Å². The summed E-state index contributed by atoms with van der Waals surface area (Å²) in [5.74, 6) is -2.08. The fourth-order valence-electron chi connectivity index (χ4n) is 4.96. The monoisotopic (exact) mass is 466 g/mol. The lowest BCUT2D eigenvalue weighted by Gasteiger charge is -2.24. The number of nitrogens with zero attached hydrogens (tertiary/aromatic N) is 1. The summed E-state index contributed by atoms with van der Waals surface area (Å²) >= 11 is 0. The van der Waals surface area contributed by atoms with Gasteiger partial charge in [0.25, 0.3) is 0 Å². The van der Waals surface area contributed by atoms with Gasteiger partial charge < -0.3 is 24.8 Å². The van der Waals surface area contributed by atoms with Gasteiger partial charge in [-0.3, -0.25) is 9.59 Å². The zero-order valence-corrected chi connectivity index (χ0v) is 19.4. The molecule has 8 nitrogen and oxygen atoms in total. The number of carboxylic acid groups (broad SMARTS) is 1. The molecule has 0 saturated carbocycles. The molecule has 0 bridgehead atoms.